The molecule has 4 nitrogen and oxygen atoms in total. The maximum atomic E-state index is 12.1. The molecular weight excluding hydrogens is 262 g/mol. The fourth-order valence-electron chi connectivity index (χ4n) is 2.87. The molecule has 0 radical (unpaired) electrons. The van der Waals surface area contributed by atoms with E-state index in [0.29, 0.717) is 12.3 Å². The standard InChI is InChI=1S/C17H27N3O/c1-15-7-4-5-8-16(15)19-11-13-20(14-12-19)17(21)9-3-2-6-10-18/h4-5,7-8H,2-3,6,9-14,18H2,1H3. The first-order valence-corrected chi connectivity index (χ1v) is 8.01. The van der Waals surface area contributed by atoms with Gasteiger partial charge in [0.2, 0.25) is 5.91 Å². The van der Waals surface area contributed by atoms with Crippen LogP contribution in [0.4, 0.5) is 5.69 Å². The number of amides is 1. The molecule has 1 saturated heterocycles. The number of hydrogen-bond acceptors (Lipinski definition) is 3. The van der Waals surface area contributed by atoms with Gasteiger partial charge in [-0.05, 0) is 37.9 Å². The van der Waals surface area contributed by atoms with Gasteiger partial charge in [0.05, 0.1) is 0 Å². The van der Waals surface area contributed by atoms with E-state index in [1.165, 1.54) is 11.3 Å². The van der Waals surface area contributed by atoms with Gasteiger partial charge in [-0.25, -0.2) is 0 Å². The van der Waals surface area contributed by atoms with Crippen molar-refractivity contribution in [3.8, 4) is 0 Å². The number of carbonyl (C=O) groups excluding carboxylic acids is 1. The van der Waals surface area contributed by atoms with Gasteiger partial charge in [0.15, 0.2) is 0 Å². The maximum absolute atomic E-state index is 12.1. The van der Waals surface area contributed by atoms with E-state index in [1.54, 1.807) is 0 Å². The minimum Gasteiger partial charge on any atom is -0.368 e. The molecule has 0 saturated carbocycles. The predicted octanol–water partition coefficient (Wildman–Crippen LogP) is 2.16. The summed E-state index contributed by atoms with van der Waals surface area (Å²) in [6.45, 7) is 6.40. The van der Waals surface area contributed by atoms with Crippen molar-refractivity contribution in [1.82, 2.24) is 4.90 Å². The summed E-state index contributed by atoms with van der Waals surface area (Å²) in [6.07, 6.45) is 3.72. The van der Waals surface area contributed by atoms with Gasteiger partial charge in [-0.2, -0.15) is 0 Å². The van der Waals surface area contributed by atoms with Crippen molar-refractivity contribution < 1.29 is 4.79 Å². The van der Waals surface area contributed by atoms with Crippen LogP contribution in [0.25, 0.3) is 0 Å². The SMILES string of the molecule is Cc1ccccc1N1CCN(C(=O)CCCCCN)CC1. The lowest BCUT2D eigenvalue weighted by molar-refractivity contribution is -0.131. The molecule has 1 aromatic rings. The molecule has 0 bridgehead atoms. The fourth-order valence-corrected chi connectivity index (χ4v) is 2.87. The molecule has 1 aliphatic rings. The second-order valence-corrected chi connectivity index (χ2v) is 5.75. The van der Waals surface area contributed by atoms with Crippen molar-refractivity contribution >= 4 is 11.6 Å². The predicted molar refractivity (Wildman–Crippen MR) is 87.5 cm³/mol. The van der Waals surface area contributed by atoms with Crippen LogP contribution in [0.2, 0.25) is 0 Å². The van der Waals surface area contributed by atoms with Crippen LogP contribution in [0.3, 0.4) is 0 Å². The van der Waals surface area contributed by atoms with Crippen LogP contribution in [0.1, 0.15) is 31.2 Å². The number of hydrogen-bond donors (Lipinski definition) is 1. The molecule has 1 fully saturated rings. The summed E-state index contributed by atoms with van der Waals surface area (Å²) < 4.78 is 0. The molecule has 21 heavy (non-hydrogen) atoms. The van der Waals surface area contributed by atoms with Crippen LogP contribution in [0, 0.1) is 6.92 Å². The second kappa shape index (κ2) is 8.03. The highest BCUT2D eigenvalue weighted by Crippen LogP contribution is 2.21. The largest absolute Gasteiger partial charge is 0.368 e. The van der Waals surface area contributed by atoms with Gasteiger partial charge in [0, 0.05) is 38.3 Å². The lowest BCUT2D eigenvalue weighted by Crippen LogP contribution is -2.48. The summed E-state index contributed by atoms with van der Waals surface area (Å²) >= 11 is 0. The van der Waals surface area contributed by atoms with Crippen LogP contribution in [0.5, 0.6) is 0 Å². The van der Waals surface area contributed by atoms with Crippen molar-refractivity contribution in [3.05, 3.63) is 29.8 Å². The average molecular weight is 289 g/mol. The zero-order valence-electron chi connectivity index (χ0n) is 13.1. The Kier molecular flexibility index (Phi) is 6.05. The highest BCUT2D eigenvalue weighted by Gasteiger charge is 2.21. The van der Waals surface area contributed by atoms with Crippen LogP contribution >= 0.6 is 0 Å². The number of para-hydroxylation sites is 1. The summed E-state index contributed by atoms with van der Waals surface area (Å²) in [6, 6.07) is 8.46. The van der Waals surface area contributed by atoms with Crippen LogP contribution < -0.4 is 10.6 Å². The lowest BCUT2D eigenvalue weighted by Gasteiger charge is -2.37. The second-order valence-electron chi connectivity index (χ2n) is 5.75. The molecule has 1 amide bonds. The number of piperazine rings is 1. The molecule has 0 aromatic heterocycles. The number of aryl methyl sites for hydroxylation is 1. The van der Waals surface area contributed by atoms with Gasteiger partial charge < -0.3 is 15.5 Å². The smallest absolute Gasteiger partial charge is 0.222 e. The Morgan fingerprint density at radius 2 is 1.81 bits per heavy atom. The highest BCUT2D eigenvalue weighted by molar-refractivity contribution is 5.76. The topological polar surface area (TPSA) is 49.6 Å². The summed E-state index contributed by atoms with van der Waals surface area (Å²) in [4.78, 5) is 16.5. The monoisotopic (exact) mass is 289 g/mol. The number of anilines is 1. The minimum atomic E-state index is 0.302. The summed E-state index contributed by atoms with van der Waals surface area (Å²) in [7, 11) is 0. The summed E-state index contributed by atoms with van der Waals surface area (Å²) in [5.41, 5.74) is 8.07. The van der Waals surface area contributed by atoms with Gasteiger partial charge in [-0.15, -0.1) is 0 Å². The minimum absolute atomic E-state index is 0.302. The van der Waals surface area contributed by atoms with E-state index in [0.717, 1.165) is 52.0 Å². The quantitative estimate of drug-likeness (QED) is 0.817. The normalized spacial score (nSPS) is 15.3. The number of nitrogens with two attached hydrogens (primary N) is 1. The van der Waals surface area contributed by atoms with Gasteiger partial charge in [-0.3, -0.25) is 4.79 Å². The van der Waals surface area contributed by atoms with E-state index in [9.17, 15) is 4.79 Å². The van der Waals surface area contributed by atoms with Gasteiger partial charge >= 0.3 is 0 Å². The molecule has 0 spiro atoms. The molecular formula is C17H27N3O. The lowest BCUT2D eigenvalue weighted by atomic mass is 10.1. The Balaban J connectivity index is 1.78. The number of unbranched alkanes of at least 4 members (excludes halogenated alkanes) is 2. The summed E-state index contributed by atoms with van der Waals surface area (Å²) in [5, 5.41) is 0. The number of rotatable bonds is 6. The number of benzene rings is 1. The molecule has 2 rings (SSSR count). The van der Waals surface area contributed by atoms with Crippen molar-refractivity contribution in [1.29, 1.82) is 0 Å². The first-order chi connectivity index (χ1) is 10.2. The molecule has 4 heteroatoms. The number of nitrogens with zero attached hydrogens (tertiary/aromatic N) is 2. The molecule has 0 unspecified atom stereocenters. The average Bonchev–Trinajstić information content (AvgIpc) is 2.52. The molecule has 1 aromatic carbocycles. The fraction of sp³-hybridized carbons (Fsp3) is 0.588. The van der Waals surface area contributed by atoms with Crippen molar-refractivity contribution in [2.75, 3.05) is 37.6 Å². The Bertz CT molecular complexity index is 453. The van der Waals surface area contributed by atoms with Gasteiger partial charge in [-0.1, -0.05) is 24.6 Å². The van der Waals surface area contributed by atoms with E-state index < -0.39 is 0 Å². The Labute approximate surface area is 127 Å². The van der Waals surface area contributed by atoms with Crippen molar-refractivity contribution in [3.63, 3.8) is 0 Å². The Hall–Kier alpha value is -1.55. The van der Waals surface area contributed by atoms with E-state index in [2.05, 4.69) is 36.1 Å². The zero-order chi connectivity index (χ0) is 15.1. The van der Waals surface area contributed by atoms with Crippen LogP contribution in [-0.4, -0.2) is 43.5 Å². The van der Waals surface area contributed by atoms with E-state index in [1.807, 2.05) is 4.90 Å². The van der Waals surface area contributed by atoms with E-state index >= 15 is 0 Å². The van der Waals surface area contributed by atoms with Gasteiger partial charge in [0.25, 0.3) is 0 Å². The highest BCUT2D eigenvalue weighted by atomic mass is 16.2. The van der Waals surface area contributed by atoms with Crippen molar-refractivity contribution in [2.45, 2.75) is 32.6 Å². The van der Waals surface area contributed by atoms with Crippen LogP contribution in [-0.2, 0) is 4.79 Å². The summed E-state index contributed by atoms with van der Waals surface area (Å²) in [5.74, 6) is 0.302. The molecule has 1 heterocycles. The third-order valence-corrected chi connectivity index (χ3v) is 4.18. The zero-order valence-corrected chi connectivity index (χ0v) is 13.1. The molecule has 2 N–H and O–H groups in total. The maximum Gasteiger partial charge on any atom is 0.222 e. The first kappa shape index (κ1) is 15.8. The third-order valence-electron chi connectivity index (χ3n) is 4.18. The Morgan fingerprint density at radius 1 is 1.10 bits per heavy atom. The third kappa shape index (κ3) is 4.46. The Morgan fingerprint density at radius 3 is 2.48 bits per heavy atom. The first-order valence-electron chi connectivity index (χ1n) is 8.01. The van der Waals surface area contributed by atoms with Crippen molar-refractivity contribution in [2.24, 2.45) is 5.73 Å². The molecule has 1 aliphatic heterocycles. The molecule has 116 valence electrons. The van der Waals surface area contributed by atoms with E-state index in [4.69, 9.17) is 5.73 Å². The van der Waals surface area contributed by atoms with Gasteiger partial charge in [0.1, 0.15) is 0 Å². The number of carbonyl (C=O) groups is 1. The molecule has 0 atom stereocenters. The molecule has 0 aliphatic carbocycles. The van der Waals surface area contributed by atoms with E-state index in [-0.39, 0.29) is 0 Å². The van der Waals surface area contributed by atoms with Crippen LogP contribution in [0.15, 0.2) is 24.3 Å².